The Morgan fingerprint density at radius 1 is 1.07 bits per heavy atom. The third-order valence-electron chi connectivity index (χ3n) is 9.17. The van der Waals surface area contributed by atoms with Gasteiger partial charge in [0.15, 0.2) is 5.60 Å². The number of nitrogens with zero attached hydrogens (tertiary/aromatic N) is 3. The van der Waals surface area contributed by atoms with Crippen molar-refractivity contribution in [2.24, 2.45) is 5.92 Å². The first-order valence-electron chi connectivity index (χ1n) is 14.6. The molecule has 0 bridgehead atoms. The quantitative estimate of drug-likeness (QED) is 0.156. The van der Waals surface area contributed by atoms with Gasteiger partial charge in [0.05, 0.1) is 28.9 Å². The molecule has 43 heavy (non-hydrogen) atoms. The molecule has 224 valence electrons. The van der Waals surface area contributed by atoms with Gasteiger partial charge in [0.25, 0.3) is 11.6 Å². The van der Waals surface area contributed by atoms with E-state index in [2.05, 4.69) is 0 Å². The predicted molar refractivity (Wildman–Crippen MR) is 162 cm³/mol. The summed E-state index contributed by atoms with van der Waals surface area (Å²) >= 11 is 0. The molecule has 3 aromatic carbocycles. The molecule has 2 amide bonds. The third kappa shape index (κ3) is 4.66. The number of benzene rings is 3. The van der Waals surface area contributed by atoms with Crippen LogP contribution in [0.15, 0.2) is 66.7 Å². The topological polar surface area (TPSA) is 113 Å². The van der Waals surface area contributed by atoms with Gasteiger partial charge >= 0.3 is 0 Å². The van der Waals surface area contributed by atoms with Crippen molar-refractivity contribution in [2.45, 2.75) is 63.1 Å². The Labute approximate surface area is 250 Å². The minimum absolute atomic E-state index is 0.0168. The highest BCUT2D eigenvalue weighted by molar-refractivity contribution is 6.72. The summed E-state index contributed by atoms with van der Waals surface area (Å²) in [5.41, 5.74) is 1.73. The van der Waals surface area contributed by atoms with E-state index in [-0.39, 0.29) is 31.2 Å². The second-order valence-corrected chi connectivity index (χ2v) is 16.0. The number of fused-ring (bicyclic) bond motifs is 3. The van der Waals surface area contributed by atoms with E-state index in [1.807, 2.05) is 48.5 Å². The average Bonchev–Trinajstić information content (AvgIpc) is 3.39. The molecular formula is C32H34FN3O6Si. The number of anilines is 3. The maximum Gasteiger partial charge on any atom is 0.269 e. The summed E-state index contributed by atoms with van der Waals surface area (Å²) in [7, 11) is -3.40. The number of non-ortho nitro benzene ring substituents is 1. The lowest BCUT2D eigenvalue weighted by Crippen LogP contribution is -2.45. The number of ether oxygens (including phenoxy) is 1. The van der Waals surface area contributed by atoms with Crippen LogP contribution in [0.3, 0.4) is 0 Å². The fourth-order valence-electron chi connectivity index (χ4n) is 7.39. The molecule has 3 aliphatic rings. The van der Waals surface area contributed by atoms with Crippen molar-refractivity contribution in [3.05, 3.63) is 93.5 Å². The molecule has 0 saturated carbocycles. The number of aliphatic hydroxyl groups is 1. The van der Waals surface area contributed by atoms with Crippen LogP contribution in [0.4, 0.5) is 26.9 Å². The molecule has 1 saturated heterocycles. The standard InChI is InChI=1S/C32H34FN3O6Si/c1-20-30(43(2,3)33)28(15-16-37)42-32(20)25-18-24(36(40)41)12-13-27(25)34(31(32)39)19-21-7-6-9-23(17-21)35-26-10-5-4-8-22(26)11-14-29(35)38/h4-10,12-13,17-18,20,28,30,37H,11,14-16,19H2,1-3H3/t20-,28+,30-,32+/m1/s1. The second-order valence-electron chi connectivity index (χ2n) is 12.2. The lowest BCUT2D eigenvalue weighted by Gasteiger charge is -2.31. The monoisotopic (exact) mass is 603 g/mol. The van der Waals surface area contributed by atoms with Crippen molar-refractivity contribution in [3.8, 4) is 0 Å². The molecule has 1 fully saturated rings. The van der Waals surface area contributed by atoms with Gasteiger partial charge in [0.2, 0.25) is 14.3 Å². The van der Waals surface area contributed by atoms with Gasteiger partial charge < -0.3 is 18.9 Å². The Hall–Kier alpha value is -3.93. The Morgan fingerprint density at radius 3 is 2.56 bits per heavy atom. The first-order chi connectivity index (χ1) is 20.5. The zero-order valence-corrected chi connectivity index (χ0v) is 25.3. The first-order valence-corrected chi connectivity index (χ1v) is 17.5. The minimum Gasteiger partial charge on any atom is -0.396 e. The maximum absolute atomic E-state index is 15.8. The number of aliphatic hydroxyl groups excluding tert-OH is 1. The van der Waals surface area contributed by atoms with E-state index < -0.39 is 42.4 Å². The summed E-state index contributed by atoms with van der Waals surface area (Å²) in [4.78, 5) is 42.1. The molecule has 0 aliphatic carbocycles. The SMILES string of the molecule is C[C@@H]1[C@@H]([Si](C)(C)F)[C@H](CCO)O[C@@]12C(=O)N(Cc1cccc(N3C(=O)CCc4ccccc43)c1)c1ccc([N+](=O)[O-])cc12. The highest BCUT2D eigenvalue weighted by atomic mass is 28.4. The van der Waals surface area contributed by atoms with Gasteiger partial charge in [-0.25, -0.2) is 0 Å². The van der Waals surface area contributed by atoms with E-state index in [4.69, 9.17) is 4.74 Å². The molecule has 9 nitrogen and oxygen atoms in total. The fourth-order valence-corrected chi connectivity index (χ4v) is 9.93. The van der Waals surface area contributed by atoms with Crippen molar-refractivity contribution < 1.29 is 28.5 Å². The number of hydrogen-bond donors (Lipinski definition) is 1. The molecule has 11 heteroatoms. The van der Waals surface area contributed by atoms with E-state index in [9.17, 15) is 24.8 Å². The summed E-state index contributed by atoms with van der Waals surface area (Å²) in [6.07, 6.45) is 0.506. The van der Waals surface area contributed by atoms with Gasteiger partial charge in [0.1, 0.15) is 0 Å². The molecule has 0 aromatic heterocycles. The van der Waals surface area contributed by atoms with E-state index in [1.54, 1.807) is 35.9 Å². The molecule has 1 N–H and O–H groups in total. The van der Waals surface area contributed by atoms with Crippen LogP contribution in [0.1, 0.15) is 36.5 Å². The van der Waals surface area contributed by atoms with Crippen LogP contribution in [0.25, 0.3) is 0 Å². The number of aryl methyl sites for hydroxylation is 1. The van der Waals surface area contributed by atoms with E-state index in [1.165, 1.54) is 12.1 Å². The van der Waals surface area contributed by atoms with Crippen molar-refractivity contribution in [2.75, 3.05) is 16.4 Å². The zero-order valence-electron chi connectivity index (χ0n) is 24.3. The highest BCUT2D eigenvalue weighted by Gasteiger charge is 2.66. The largest absolute Gasteiger partial charge is 0.396 e. The number of halogens is 1. The molecular weight excluding hydrogens is 569 g/mol. The molecule has 6 rings (SSSR count). The number of hydrogen-bond acceptors (Lipinski definition) is 6. The Kier molecular flexibility index (Phi) is 7.22. The minimum atomic E-state index is -3.40. The van der Waals surface area contributed by atoms with Gasteiger partial charge in [-0.1, -0.05) is 37.3 Å². The van der Waals surface area contributed by atoms with Gasteiger partial charge in [-0.05, 0) is 61.3 Å². The predicted octanol–water partition coefficient (Wildman–Crippen LogP) is 5.91. The second kappa shape index (κ2) is 10.7. The van der Waals surface area contributed by atoms with Gasteiger partial charge in [-0.2, -0.15) is 0 Å². The molecule has 1 spiro atoms. The van der Waals surface area contributed by atoms with E-state index in [0.29, 0.717) is 29.8 Å². The van der Waals surface area contributed by atoms with Crippen LogP contribution < -0.4 is 9.80 Å². The van der Waals surface area contributed by atoms with Crippen LogP contribution in [0.5, 0.6) is 0 Å². The number of nitro groups is 1. The fraction of sp³-hybridized carbons (Fsp3) is 0.375. The van der Waals surface area contributed by atoms with Crippen molar-refractivity contribution in [1.29, 1.82) is 0 Å². The van der Waals surface area contributed by atoms with Gasteiger partial charge in [-0.15, -0.1) is 0 Å². The number of carbonyl (C=O) groups excluding carboxylic acids is 2. The average molecular weight is 604 g/mol. The third-order valence-corrected chi connectivity index (χ3v) is 11.6. The van der Waals surface area contributed by atoms with E-state index >= 15 is 4.11 Å². The van der Waals surface area contributed by atoms with Crippen LogP contribution in [-0.4, -0.2) is 43.0 Å². The number of carbonyl (C=O) groups is 2. The van der Waals surface area contributed by atoms with Crippen molar-refractivity contribution in [3.63, 3.8) is 0 Å². The number of nitro benzene ring substituents is 1. The lowest BCUT2D eigenvalue weighted by atomic mass is 9.82. The normalized spacial score (nSPS) is 24.9. The molecule has 4 atom stereocenters. The molecule has 3 heterocycles. The van der Waals surface area contributed by atoms with Crippen LogP contribution >= 0.6 is 0 Å². The Balaban J connectivity index is 1.42. The summed E-state index contributed by atoms with van der Waals surface area (Å²) in [5, 5.41) is 21.5. The van der Waals surface area contributed by atoms with Crippen LogP contribution in [0, 0.1) is 16.0 Å². The Bertz CT molecular complexity index is 1630. The van der Waals surface area contributed by atoms with Gasteiger partial charge in [0, 0.05) is 47.9 Å². The van der Waals surface area contributed by atoms with Crippen LogP contribution in [-0.2, 0) is 32.9 Å². The Morgan fingerprint density at radius 2 is 1.84 bits per heavy atom. The highest BCUT2D eigenvalue weighted by Crippen LogP contribution is 2.60. The summed E-state index contributed by atoms with van der Waals surface area (Å²) in [6.45, 7) is 4.79. The molecule has 0 unspecified atom stereocenters. The smallest absolute Gasteiger partial charge is 0.269 e. The van der Waals surface area contributed by atoms with E-state index in [0.717, 1.165) is 16.8 Å². The van der Waals surface area contributed by atoms with Gasteiger partial charge in [-0.3, -0.25) is 24.6 Å². The maximum atomic E-state index is 15.8. The van der Waals surface area contributed by atoms with Crippen molar-refractivity contribution >= 4 is 43.0 Å². The summed E-state index contributed by atoms with van der Waals surface area (Å²) in [5.74, 6) is -1.05. The molecule has 3 aliphatic heterocycles. The molecule has 3 aromatic rings. The number of para-hydroxylation sites is 1. The lowest BCUT2D eigenvalue weighted by molar-refractivity contribution is -0.385. The zero-order chi connectivity index (χ0) is 30.7. The summed E-state index contributed by atoms with van der Waals surface area (Å²) < 4.78 is 22.3. The number of amides is 2. The first kappa shape index (κ1) is 29.2. The van der Waals surface area contributed by atoms with Crippen LogP contribution in [0.2, 0.25) is 18.6 Å². The molecule has 0 radical (unpaired) electrons. The number of rotatable bonds is 7. The summed E-state index contributed by atoms with van der Waals surface area (Å²) in [6, 6.07) is 19.5. The van der Waals surface area contributed by atoms with Crippen molar-refractivity contribution in [1.82, 2.24) is 0 Å².